The summed E-state index contributed by atoms with van der Waals surface area (Å²) in [4.78, 5) is 23.6. The van der Waals surface area contributed by atoms with Gasteiger partial charge < -0.3 is 15.0 Å². The van der Waals surface area contributed by atoms with Crippen molar-refractivity contribution in [2.45, 2.75) is 13.1 Å². The number of nitrogens with one attached hydrogen (secondary N) is 1. The third-order valence-corrected chi connectivity index (χ3v) is 4.65. The fourth-order valence-corrected chi connectivity index (χ4v) is 3.07. The van der Waals surface area contributed by atoms with Gasteiger partial charge in [-0.3, -0.25) is 0 Å². The van der Waals surface area contributed by atoms with Crippen LogP contribution >= 0.6 is 0 Å². The number of aromatic nitrogens is 4. The number of hydrogen-bond acceptors (Lipinski definition) is 5. The maximum atomic E-state index is 14.6. The van der Waals surface area contributed by atoms with E-state index in [-0.39, 0.29) is 34.3 Å². The average molecular weight is 457 g/mol. The normalized spacial score (nSPS) is 11.4. The Bertz CT molecular complexity index is 1330. The van der Waals surface area contributed by atoms with Gasteiger partial charge in [-0.1, -0.05) is 12.1 Å². The lowest BCUT2D eigenvalue weighted by molar-refractivity contribution is -0.137. The molecule has 4 rings (SSSR count). The first-order valence-corrected chi connectivity index (χ1v) is 9.48. The largest absolute Gasteiger partial charge is 0.477 e. The number of carboxylic acid groups (broad SMARTS) is 1. The molecule has 168 valence electrons. The molecule has 7 nitrogen and oxygen atoms in total. The number of alkyl halides is 3. The van der Waals surface area contributed by atoms with Gasteiger partial charge in [-0.25, -0.2) is 24.1 Å². The van der Waals surface area contributed by atoms with E-state index < -0.39 is 23.5 Å². The van der Waals surface area contributed by atoms with Crippen LogP contribution in [-0.2, 0) is 6.18 Å². The number of halogens is 4. The molecule has 0 spiro atoms. The summed E-state index contributed by atoms with van der Waals surface area (Å²) in [6.07, 6.45) is -1.38. The van der Waals surface area contributed by atoms with Gasteiger partial charge >= 0.3 is 12.1 Å². The second-order valence-electron chi connectivity index (χ2n) is 7.06. The number of nitrogens with zero attached hydrogens (tertiary/aromatic N) is 4. The van der Waals surface area contributed by atoms with Gasteiger partial charge in [0.15, 0.2) is 5.69 Å². The van der Waals surface area contributed by atoms with Gasteiger partial charge in [0, 0.05) is 17.4 Å². The Hall–Kier alpha value is -4.28. The molecule has 33 heavy (non-hydrogen) atoms. The smallest absolute Gasteiger partial charge is 0.416 e. The number of imidazole rings is 1. The molecule has 0 radical (unpaired) electrons. The summed E-state index contributed by atoms with van der Waals surface area (Å²) < 4.78 is 54.6. The van der Waals surface area contributed by atoms with E-state index in [1.165, 1.54) is 35.2 Å². The molecule has 0 saturated heterocycles. The Kier molecular flexibility index (Phi) is 5.54. The summed E-state index contributed by atoms with van der Waals surface area (Å²) >= 11 is 0. The molecule has 0 bridgehead atoms. The summed E-state index contributed by atoms with van der Waals surface area (Å²) in [6.45, 7) is 1.77. The van der Waals surface area contributed by atoms with Gasteiger partial charge in [-0.15, -0.1) is 0 Å². The number of rotatable bonds is 5. The Morgan fingerprint density at radius 1 is 1.06 bits per heavy atom. The zero-order valence-corrected chi connectivity index (χ0v) is 16.9. The summed E-state index contributed by atoms with van der Waals surface area (Å²) in [6, 6.07) is 9.47. The minimum absolute atomic E-state index is 0.0876. The highest BCUT2D eigenvalue weighted by Crippen LogP contribution is 2.31. The Morgan fingerprint density at radius 3 is 2.36 bits per heavy atom. The molecule has 0 amide bonds. The standard InChI is InChI=1S/C22H15F4N5O2/c1-12-10-31(11-27-12)19-7-6-15(8-16(19)23)28-21-29-17(9-18(30-21)20(32)33)13-2-4-14(5-3-13)22(24,25)26/h2-11H,1H3,(H,32,33)(H,28,29,30). The van der Waals surface area contributed by atoms with Gasteiger partial charge in [-0.2, -0.15) is 13.2 Å². The van der Waals surface area contributed by atoms with Crippen molar-refractivity contribution in [1.29, 1.82) is 0 Å². The predicted molar refractivity (Wildman–Crippen MR) is 111 cm³/mol. The molecule has 0 fully saturated rings. The lowest BCUT2D eigenvalue weighted by atomic mass is 10.1. The molecule has 0 aliphatic carbocycles. The Morgan fingerprint density at radius 2 is 1.79 bits per heavy atom. The molecule has 11 heteroatoms. The van der Waals surface area contributed by atoms with Crippen molar-refractivity contribution in [2.24, 2.45) is 0 Å². The molecule has 0 aliphatic heterocycles. The zero-order chi connectivity index (χ0) is 23.8. The maximum absolute atomic E-state index is 14.6. The van der Waals surface area contributed by atoms with Crippen molar-refractivity contribution >= 4 is 17.6 Å². The van der Waals surface area contributed by atoms with E-state index in [1.807, 2.05) is 0 Å². The third kappa shape index (κ3) is 4.81. The first kappa shape index (κ1) is 21.9. The number of benzene rings is 2. The summed E-state index contributed by atoms with van der Waals surface area (Å²) in [7, 11) is 0. The summed E-state index contributed by atoms with van der Waals surface area (Å²) in [5, 5.41) is 12.1. The molecule has 4 aromatic rings. The fourth-order valence-electron chi connectivity index (χ4n) is 3.07. The van der Waals surface area contributed by atoms with Crippen molar-refractivity contribution in [3.8, 4) is 16.9 Å². The second-order valence-corrected chi connectivity index (χ2v) is 7.06. The van der Waals surface area contributed by atoms with Crippen LogP contribution in [0.4, 0.5) is 29.2 Å². The molecule has 2 N–H and O–H groups in total. The monoisotopic (exact) mass is 457 g/mol. The summed E-state index contributed by atoms with van der Waals surface area (Å²) in [5.41, 5.74) is 0.332. The van der Waals surface area contributed by atoms with Crippen LogP contribution in [0.15, 0.2) is 61.1 Å². The Balaban J connectivity index is 1.66. The van der Waals surface area contributed by atoms with Crippen LogP contribution in [0.3, 0.4) is 0 Å². The molecular formula is C22H15F4N5O2. The van der Waals surface area contributed by atoms with Gasteiger partial charge in [0.1, 0.15) is 5.82 Å². The van der Waals surface area contributed by atoms with E-state index in [0.717, 1.165) is 18.2 Å². The quantitative estimate of drug-likeness (QED) is 0.399. The van der Waals surface area contributed by atoms with Gasteiger partial charge in [0.05, 0.1) is 29.0 Å². The van der Waals surface area contributed by atoms with E-state index in [4.69, 9.17) is 0 Å². The first-order valence-electron chi connectivity index (χ1n) is 9.48. The topological polar surface area (TPSA) is 92.9 Å². The number of hydrogen-bond donors (Lipinski definition) is 2. The van der Waals surface area contributed by atoms with Gasteiger partial charge in [0.25, 0.3) is 0 Å². The van der Waals surface area contributed by atoms with Crippen molar-refractivity contribution < 1.29 is 27.5 Å². The molecule has 0 atom stereocenters. The number of carboxylic acids is 1. The number of aromatic carboxylic acids is 1. The van der Waals surface area contributed by atoms with Crippen LogP contribution in [-0.4, -0.2) is 30.6 Å². The van der Waals surface area contributed by atoms with Crippen molar-refractivity contribution in [1.82, 2.24) is 19.5 Å². The zero-order valence-electron chi connectivity index (χ0n) is 16.9. The molecule has 0 aliphatic rings. The molecule has 2 aromatic heterocycles. The first-order chi connectivity index (χ1) is 15.6. The van der Waals surface area contributed by atoms with E-state index >= 15 is 0 Å². The van der Waals surface area contributed by atoms with E-state index in [9.17, 15) is 27.5 Å². The van der Waals surface area contributed by atoms with Crippen LogP contribution in [0.5, 0.6) is 0 Å². The molecular weight excluding hydrogens is 442 g/mol. The third-order valence-electron chi connectivity index (χ3n) is 4.65. The minimum atomic E-state index is -4.51. The summed E-state index contributed by atoms with van der Waals surface area (Å²) in [5.74, 6) is -2.09. The molecule has 0 unspecified atom stereocenters. The van der Waals surface area contributed by atoms with Gasteiger partial charge in [-0.05, 0) is 43.3 Å². The van der Waals surface area contributed by atoms with E-state index in [1.54, 1.807) is 19.2 Å². The van der Waals surface area contributed by atoms with Crippen LogP contribution in [0, 0.1) is 12.7 Å². The molecule has 2 heterocycles. The number of aryl methyl sites for hydroxylation is 1. The highest BCUT2D eigenvalue weighted by atomic mass is 19.4. The van der Waals surface area contributed by atoms with Crippen molar-refractivity contribution in [3.05, 3.63) is 83.8 Å². The fraction of sp³-hybridized carbons (Fsp3) is 0.0909. The average Bonchev–Trinajstić information content (AvgIpc) is 3.19. The SMILES string of the molecule is Cc1cn(-c2ccc(Nc3nc(C(=O)O)cc(-c4ccc(C(F)(F)F)cc4)n3)cc2F)cn1. The van der Waals surface area contributed by atoms with Crippen LogP contribution in [0.2, 0.25) is 0 Å². The van der Waals surface area contributed by atoms with E-state index in [0.29, 0.717) is 5.69 Å². The van der Waals surface area contributed by atoms with Crippen molar-refractivity contribution in [2.75, 3.05) is 5.32 Å². The highest BCUT2D eigenvalue weighted by molar-refractivity contribution is 5.87. The number of anilines is 2. The van der Waals surface area contributed by atoms with Crippen LogP contribution in [0.25, 0.3) is 16.9 Å². The van der Waals surface area contributed by atoms with Gasteiger partial charge in [0.2, 0.25) is 5.95 Å². The molecule has 0 saturated carbocycles. The number of carbonyl (C=O) groups is 1. The van der Waals surface area contributed by atoms with E-state index in [2.05, 4.69) is 20.3 Å². The second kappa shape index (κ2) is 8.34. The van der Waals surface area contributed by atoms with Crippen LogP contribution in [0.1, 0.15) is 21.7 Å². The molecule has 2 aromatic carbocycles. The highest BCUT2D eigenvalue weighted by Gasteiger charge is 2.30. The van der Waals surface area contributed by atoms with Crippen molar-refractivity contribution in [3.63, 3.8) is 0 Å². The Labute approximate surface area is 184 Å². The van der Waals surface area contributed by atoms with Crippen LogP contribution < -0.4 is 5.32 Å². The maximum Gasteiger partial charge on any atom is 0.416 e. The predicted octanol–water partition coefficient (Wildman–Crippen LogP) is 5.24. The minimum Gasteiger partial charge on any atom is -0.477 e. The lowest BCUT2D eigenvalue weighted by Crippen LogP contribution is -2.07. The lowest BCUT2D eigenvalue weighted by Gasteiger charge is -2.11.